The van der Waals surface area contributed by atoms with Gasteiger partial charge in [0, 0.05) is 6.07 Å². The van der Waals surface area contributed by atoms with Gasteiger partial charge in [0.15, 0.2) is 18.1 Å². The van der Waals surface area contributed by atoms with Gasteiger partial charge in [-0.25, -0.2) is 9.97 Å². The van der Waals surface area contributed by atoms with Crippen molar-refractivity contribution >= 4 is 27.5 Å². The molecule has 0 spiro atoms. The molecule has 3 aromatic heterocycles. The normalized spacial score (nSPS) is 12.2. The molecule has 138 valence electrons. The molecule has 4 rings (SSSR count). The second kappa shape index (κ2) is 7.11. The Bertz CT molecular complexity index is 1070. The second-order valence-corrected chi connectivity index (χ2v) is 6.98. The highest BCUT2D eigenvalue weighted by Crippen LogP contribution is 2.26. The second-order valence-electron chi connectivity index (χ2n) is 5.74. The zero-order valence-corrected chi connectivity index (χ0v) is 15.3. The summed E-state index contributed by atoms with van der Waals surface area (Å²) in [6.45, 7) is 3.80. The van der Waals surface area contributed by atoms with Crippen molar-refractivity contribution in [2.24, 2.45) is 0 Å². The summed E-state index contributed by atoms with van der Waals surface area (Å²) in [4.78, 5) is 20.8. The molecule has 0 aliphatic rings. The maximum absolute atomic E-state index is 12.2. The standard InChI is InChI=1S/C16H15N7O3S/c1-8(15-20-22-23-21-15)17-16(24)12-6-26-14(19-12)7-25-10-3-4-13-11(5-10)18-9(2)27-13/h3-6,8H,7H2,1-2H3,(H,17,24)(H,20,21,22,23). The number of H-pyrrole nitrogens is 1. The first-order valence-corrected chi connectivity index (χ1v) is 8.89. The summed E-state index contributed by atoms with van der Waals surface area (Å²) in [6.07, 6.45) is 1.28. The largest absolute Gasteiger partial charge is 0.484 e. The van der Waals surface area contributed by atoms with Crippen LogP contribution in [0.3, 0.4) is 0 Å². The van der Waals surface area contributed by atoms with Gasteiger partial charge in [-0.1, -0.05) is 5.21 Å². The van der Waals surface area contributed by atoms with Crippen molar-refractivity contribution in [2.45, 2.75) is 26.5 Å². The number of hydrogen-bond acceptors (Lipinski definition) is 9. The van der Waals surface area contributed by atoms with E-state index in [0.29, 0.717) is 17.5 Å². The van der Waals surface area contributed by atoms with Crippen molar-refractivity contribution in [1.29, 1.82) is 0 Å². The number of nitrogens with zero attached hydrogens (tertiary/aromatic N) is 5. The number of amides is 1. The molecule has 10 nitrogen and oxygen atoms in total. The lowest BCUT2D eigenvalue weighted by atomic mass is 10.3. The van der Waals surface area contributed by atoms with Crippen molar-refractivity contribution in [3.8, 4) is 5.75 Å². The highest BCUT2D eigenvalue weighted by Gasteiger charge is 2.18. The maximum atomic E-state index is 12.2. The number of rotatable bonds is 6. The van der Waals surface area contributed by atoms with Gasteiger partial charge in [-0.15, -0.1) is 21.5 Å². The number of carbonyl (C=O) groups is 1. The quantitative estimate of drug-likeness (QED) is 0.516. The summed E-state index contributed by atoms with van der Waals surface area (Å²) < 4.78 is 12.1. The number of nitrogens with one attached hydrogen (secondary N) is 2. The zero-order chi connectivity index (χ0) is 18.8. The van der Waals surface area contributed by atoms with Gasteiger partial charge >= 0.3 is 0 Å². The topological polar surface area (TPSA) is 132 Å². The van der Waals surface area contributed by atoms with Crippen LogP contribution in [0.15, 0.2) is 28.9 Å². The summed E-state index contributed by atoms with van der Waals surface area (Å²) in [5, 5.41) is 17.2. The van der Waals surface area contributed by atoms with Crippen LogP contribution in [0.2, 0.25) is 0 Å². The molecular weight excluding hydrogens is 370 g/mol. The third-order valence-corrected chi connectivity index (χ3v) is 4.66. The molecule has 1 aromatic carbocycles. The molecular formula is C16H15N7O3S. The molecule has 1 unspecified atom stereocenters. The first-order chi connectivity index (χ1) is 13.1. The predicted molar refractivity (Wildman–Crippen MR) is 95.3 cm³/mol. The smallest absolute Gasteiger partial charge is 0.273 e. The minimum Gasteiger partial charge on any atom is -0.484 e. The number of aryl methyl sites for hydroxylation is 1. The van der Waals surface area contributed by atoms with E-state index in [1.54, 1.807) is 18.3 Å². The van der Waals surface area contributed by atoms with Gasteiger partial charge in [-0.2, -0.15) is 5.21 Å². The average molecular weight is 385 g/mol. The van der Waals surface area contributed by atoms with Gasteiger partial charge in [0.25, 0.3) is 5.91 Å². The number of tetrazole rings is 1. The van der Waals surface area contributed by atoms with Gasteiger partial charge in [-0.3, -0.25) is 4.79 Å². The van der Waals surface area contributed by atoms with Crippen molar-refractivity contribution in [3.63, 3.8) is 0 Å². The van der Waals surface area contributed by atoms with Gasteiger partial charge in [0.2, 0.25) is 5.89 Å². The fraction of sp³-hybridized carbons (Fsp3) is 0.250. The van der Waals surface area contributed by atoms with Crippen molar-refractivity contribution in [2.75, 3.05) is 0 Å². The minimum absolute atomic E-state index is 0.0995. The summed E-state index contributed by atoms with van der Waals surface area (Å²) in [5.74, 6) is 0.925. The van der Waals surface area contributed by atoms with Gasteiger partial charge < -0.3 is 14.5 Å². The number of thiazole rings is 1. The van der Waals surface area contributed by atoms with E-state index in [9.17, 15) is 4.79 Å². The van der Waals surface area contributed by atoms with Crippen LogP contribution in [0.25, 0.3) is 10.2 Å². The highest BCUT2D eigenvalue weighted by atomic mass is 32.1. The van der Waals surface area contributed by atoms with E-state index < -0.39 is 11.9 Å². The van der Waals surface area contributed by atoms with Crippen LogP contribution in [-0.4, -0.2) is 36.5 Å². The highest BCUT2D eigenvalue weighted by molar-refractivity contribution is 7.18. The summed E-state index contributed by atoms with van der Waals surface area (Å²) in [6, 6.07) is 5.27. The van der Waals surface area contributed by atoms with Crippen LogP contribution in [-0.2, 0) is 6.61 Å². The van der Waals surface area contributed by atoms with Gasteiger partial charge in [-0.05, 0) is 26.0 Å². The number of aromatic nitrogens is 6. The summed E-state index contributed by atoms with van der Waals surface area (Å²) >= 11 is 1.63. The molecule has 0 aliphatic heterocycles. The summed E-state index contributed by atoms with van der Waals surface area (Å²) in [5.41, 5.74) is 1.03. The van der Waals surface area contributed by atoms with Crippen LogP contribution in [0.5, 0.6) is 5.75 Å². The number of oxazole rings is 1. The fourth-order valence-electron chi connectivity index (χ4n) is 2.43. The molecule has 0 aliphatic carbocycles. The molecule has 0 bridgehead atoms. The van der Waals surface area contributed by atoms with Crippen LogP contribution < -0.4 is 10.1 Å². The molecule has 0 saturated heterocycles. The number of fused-ring (bicyclic) bond motifs is 1. The number of benzene rings is 1. The van der Waals surface area contributed by atoms with E-state index in [-0.39, 0.29) is 12.3 Å². The van der Waals surface area contributed by atoms with Crippen LogP contribution in [0, 0.1) is 6.92 Å². The Balaban J connectivity index is 1.37. The molecule has 0 fully saturated rings. The Morgan fingerprint density at radius 3 is 3.11 bits per heavy atom. The molecule has 3 heterocycles. The zero-order valence-electron chi connectivity index (χ0n) is 14.5. The van der Waals surface area contributed by atoms with E-state index in [4.69, 9.17) is 9.15 Å². The number of aromatic amines is 1. The molecule has 1 amide bonds. The third-order valence-electron chi connectivity index (χ3n) is 3.71. The number of hydrogen-bond donors (Lipinski definition) is 2. The van der Waals surface area contributed by atoms with Crippen molar-refractivity contribution < 1.29 is 13.9 Å². The van der Waals surface area contributed by atoms with E-state index in [1.165, 1.54) is 6.26 Å². The minimum atomic E-state index is -0.416. The predicted octanol–water partition coefficient (Wildman–Crippen LogP) is 2.18. The maximum Gasteiger partial charge on any atom is 0.273 e. The monoisotopic (exact) mass is 385 g/mol. The Morgan fingerprint density at radius 1 is 1.41 bits per heavy atom. The Kier molecular flexibility index (Phi) is 4.50. The molecule has 4 aromatic rings. The first kappa shape index (κ1) is 17.1. The lowest BCUT2D eigenvalue weighted by Gasteiger charge is -2.07. The van der Waals surface area contributed by atoms with Crippen molar-refractivity contribution in [1.82, 2.24) is 35.9 Å². The van der Waals surface area contributed by atoms with Crippen LogP contribution in [0.1, 0.15) is 40.2 Å². The van der Waals surface area contributed by atoms with Gasteiger partial charge in [0.05, 0.1) is 21.3 Å². The van der Waals surface area contributed by atoms with Crippen LogP contribution in [0.4, 0.5) is 0 Å². The summed E-state index contributed by atoms with van der Waals surface area (Å²) in [7, 11) is 0. The number of carbonyl (C=O) groups excluding carboxylic acids is 1. The van der Waals surface area contributed by atoms with E-state index in [2.05, 4.69) is 35.9 Å². The molecule has 0 radical (unpaired) electrons. The third kappa shape index (κ3) is 3.77. The van der Waals surface area contributed by atoms with Gasteiger partial charge in [0.1, 0.15) is 12.0 Å². The lowest BCUT2D eigenvalue weighted by Crippen LogP contribution is -2.27. The van der Waals surface area contributed by atoms with Crippen molar-refractivity contribution in [3.05, 3.63) is 46.9 Å². The number of ether oxygens (including phenoxy) is 1. The van der Waals surface area contributed by atoms with E-state index >= 15 is 0 Å². The lowest BCUT2D eigenvalue weighted by molar-refractivity contribution is 0.0933. The molecule has 2 N–H and O–H groups in total. The molecule has 27 heavy (non-hydrogen) atoms. The Labute approximate surface area is 157 Å². The average Bonchev–Trinajstić information content (AvgIpc) is 3.39. The molecule has 0 saturated carbocycles. The SMILES string of the molecule is Cc1nc2cc(OCc3nc(C(=O)NC(C)c4nn[nH]n4)co3)ccc2s1. The molecule has 11 heteroatoms. The first-order valence-electron chi connectivity index (χ1n) is 8.07. The van der Waals surface area contributed by atoms with Crippen LogP contribution >= 0.6 is 11.3 Å². The molecule has 1 atom stereocenters. The Hall–Kier alpha value is -3.34. The Morgan fingerprint density at radius 2 is 2.30 bits per heavy atom. The van der Waals surface area contributed by atoms with E-state index in [1.807, 2.05) is 25.1 Å². The fourth-order valence-corrected chi connectivity index (χ4v) is 3.23. The van der Waals surface area contributed by atoms with E-state index in [0.717, 1.165) is 15.2 Å².